The minimum absolute atomic E-state index is 0.116. The Labute approximate surface area is 148 Å². The SMILES string of the molecule is CCc1cc2c(=O)n(CC(=O)Nc3cccc(C)c3)c(=S)[nH]c2s1. The minimum Gasteiger partial charge on any atom is -0.325 e. The molecule has 0 aliphatic heterocycles. The van der Waals surface area contributed by atoms with Gasteiger partial charge in [-0.3, -0.25) is 14.2 Å². The Kier molecular flexibility index (Phi) is 4.64. The molecule has 0 bridgehead atoms. The van der Waals surface area contributed by atoms with Gasteiger partial charge in [0, 0.05) is 10.6 Å². The van der Waals surface area contributed by atoms with Gasteiger partial charge in [-0.15, -0.1) is 11.3 Å². The zero-order valence-electron chi connectivity index (χ0n) is 13.4. The van der Waals surface area contributed by atoms with Crippen LogP contribution >= 0.6 is 23.6 Å². The van der Waals surface area contributed by atoms with Crippen LogP contribution in [0.25, 0.3) is 10.2 Å². The Morgan fingerprint density at radius 2 is 2.17 bits per heavy atom. The number of H-pyrrole nitrogens is 1. The molecule has 2 heterocycles. The molecule has 1 aromatic carbocycles. The Bertz CT molecular complexity index is 1030. The van der Waals surface area contributed by atoms with Gasteiger partial charge < -0.3 is 10.3 Å². The first kappa shape index (κ1) is 16.6. The molecule has 2 N–H and O–H groups in total. The second kappa shape index (κ2) is 6.70. The van der Waals surface area contributed by atoms with E-state index in [0.717, 1.165) is 21.7 Å². The molecule has 0 spiro atoms. The van der Waals surface area contributed by atoms with Crippen LogP contribution in [0.3, 0.4) is 0 Å². The van der Waals surface area contributed by atoms with Crippen molar-refractivity contribution >= 4 is 45.4 Å². The van der Waals surface area contributed by atoms with Crippen molar-refractivity contribution in [1.29, 1.82) is 0 Å². The third-order valence-electron chi connectivity index (χ3n) is 3.68. The van der Waals surface area contributed by atoms with Gasteiger partial charge in [0.2, 0.25) is 5.91 Å². The summed E-state index contributed by atoms with van der Waals surface area (Å²) in [5, 5.41) is 3.37. The van der Waals surface area contributed by atoms with E-state index in [0.29, 0.717) is 11.1 Å². The number of aromatic nitrogens is 2. The molecule has 0 radical (unpaired) electrons. The quantitative estimate of drug-likeness (QED) is 0.699. The van der Waals surface area contributed by atoms with Crippen molar-refractivity contribution in [3.8, 4) is 0 Å². The number of amides is 1. The van der Waals surface area contributed by atoms with Crippen molar-refractivity contribution in [1.82, 2.24) is 9.55 Å². The van der Waals surface area contributed by atoms with Crippen LogP contribution < -0.4 is 10.9 Å². The molecule has 0 saturated carbocycles. The molecule has 3 aromatic rings. The molecule has 0 aliphatic rings. The maximum atomic E-state index is 12.6. The predicted molar refractivity (Wildman–Crippen MR) is 100 cm³/mol. The van der Waals surface area contributed by atoms with Gasteiger partial charge in [0.1, 0.15) is 11.4 Å². The van der Waals surface area contributed by atoms with E-state index >= 15 is 0 Å². The summed E-state index contributed by atoms with van der Waals surface area (Å²) < 4.78 is 1.56. The van der Waals surface area contributed by atoms with Crippen molar-refractivity contribution in [3.05, 3.63) is 55.9 Å². The number of carbonyl (C=O) groups excluding carboxylic acids is 1. The summed E-state index contributed by atoms with van der Waals surface area (Å²) in [6, 6.07) is 9.36. The van der Waals surface area contributed by atoms with Crippen molar-refractivity contribution in [3.63, 3.8) is 0 Å². The van der Waals surface area contributed by atoms with Crippen LogP contribution in [0.4, 0.5) is 5.69 Å². The number of carbonyl (C=O) groups is 1. The fraction of sp³-hybridized carbons (Fsp3) is 0.235. The average molecular weight is 359 g/mol. The molecule has 3 rings (SSSR count). The summed E-state index contributed by atoms with van der Waals surface area (Å²) >= 11 is 6.77. The van der Waals surface area contributed by atoms with Crippen LogP contribution in [0.15, 0.2) is 35.1 Å². The minimum atomic E-state index is -0.285. The molecule has 24 heavy (non-hydrogen) atoms. The van der Waals surface area contributed by atoms with Gasteiger partial charge in [0.05, 0.1) is 5.39 Å². The lowest BCUT2D eigenvalue weighted by Gasteiger charge is -2.08. The largest absolute Gasteiger partial charge is 0.325 e. The Balaban J connectivity index is 1.90. The molecular formula is C17H17N3O2S2. The predicted octanol–water partition coefficient (Wildman–Crippen LogP) is 3.63. The van der Waals surface area contributed by atoms with E-state index in [4.69, 9.17) is 12.2 Å². The van der Waals surface area contributed by atoms with E-state index in [-0.39, 0.29) is 22.8 Å². The van der Waals surface area contributed by atoms with Crippen LogP contribution in [0.2, 0.25) is 0 Å². The van der Waals surface area contributed by atoms with Crippen LogP contribution in [0, 0.1) is 11.7 Å². The summed E-state index contributed by atoms with van der Waals surface area (Å²) in [4.78, 5) is 29.8. The number of rotatable bonds is 4. The van der Waals surface area contributed by atoms with Crippen LogP contribution in [0.1, 0.15) is 17.4 Å². The van der Waals surface area contributed by atoms with E-state index in [9.17, 15) is 9.59 Å². The van der Waals surface area contributed by atoms with Gasteiger partial charge in [0.15, 0.2) is 4.77 Å². The third kappa shape index (κ3) is 3.32. The Morgan fingerprint density at radius 1 is 1.38 bits per heavy atom. The van der Waals surface area contributed by atoms with E-state index in [2.05, 4.69) is 10.3 Å². The van der Waals surface area contributed by atoms with Gasteiger partial charge >= 0.3 is 0 Å². The number of aryl methyl sites for hydroxylation is 2. The number of hydrogen-bond donors (Lipinski definition) is 2. The monoisotopic (exact) mass is 359 g/mol. The molecule has 0 aliphatic carbocycles. The molecule has 124 valence electrons. The molecule has 0 saturated heterocycles. The summed E-state index contributed by atoms with van der Waals surface area (Å²) in [6.07, 6.45) is 0.854. The third-order valence-corrected chi connectivity index (χ3v) is 5.19. The maximum Gasteiger partial charge on any atom is 0.263 e. The number of benzene rings is 1. The maximum absolute atomic E-state index is 12.6. The van der Waals surface area contributed by atoms with E-state index in [1.165, 1.54) is 15.9 Å². The number of thiophene rings is 1. The highest BCUT2D eigenvalue weighted by molar-refractivity contribution is 7.71. The summed E-state index contributed by atoms with van der Waals surface area (Å²) in [5.41, 5.74) is 1.52. The summed E-state index contributed by atoms with van der Waals surface area (Å²) in [7, 11) is 0. The second-order valence-corrected chi connectivity index (χ2v) is 7.07. The van der Waals surface area contributed by atoms with Gasteiger partial charge in [0.25, 0.3) is 5.56 Å². The summed E-state index contributed by atoms with van der Waals surface area (Å²) in [6.45, 7) is 3.87. The van der Waals surface area contributed by atoms with Crippen LogP contribution in [-0.4, -0.2) is 15.5 Å². The first-order valence-electron chi connectivity index (χ1n) is 7.60. The smallest absolute Gasteiger partial charge is 0.263 e. The first-order chi connectivity index (χ1) is 11.5. The highest BCUT2D eigenvalue weighted by atomic mass is 32.1. The second-order valence-electron chi connectivity index (χ2n) is 5.55. The van der Waals surface area contributed by atoms with Crippen molar-refractivity contribution in [2.45, 2.75) is 26.8 Å². The molecular weight excluding hydrogens is 342 g/mol. The number of hydrogen-bond acceptors (Lipinski definition) is 4. The zero-order valence-corrected chi connectivity index (χ0v) is 15.0. The van der Waals surface area contributed by atoms with E-state index < -0.39 is 0 Å². The first-order valence-corrected chi connectivity index (χ1v) is 8.82. The normalized spacial score (nSPS) is 10.9. The Morgan fingerprint density at radius 3 is 2.88 bits per heavy atom. The van der Waals surface area contributed by atoms with Crippen molar-refractivity contribution < 1.29 is 4.79 Å². The van der Waals surface area contributed by atoms with Crippen molar-refractivity contribution in [2.75, 3.05) is 5.32 Å². The standard InChI is InChI=1S/C17H17N3O2S2/c1-3-12-8-13-15(24-12)19-17(23)20(16(13)22)9-14(21)18-11-6-4-5-10(2)7-11/h4-8H,3,9H2,1-2H3,(H,18,21)(H,19,23). The topological polar surface area (TPSA) is 66.9 Å². The molecule has 0 fully saturated rings. The highest BCUT2D eigenvalue weighted by Gasteiger charge is 2.12. The van der Waals surface area contributed by atoms with Gasteiger partial charge in [-0.05, 0) is 49.3 Å². The van der Waals surface area contributed by atoms with E-state index in [1.54, 1.807) is 0 Å². The molecule has 0 atom stereocenters. The van der Waals surface area contributed by atoms with Gasteiger partial charge in [-0.2, -0.15) is 0 Å². The zero-order chi connectivity index (χ0) is 17.3. The molecule has 2 aromatic heterocycles. The fourth-order valence-corrected chi connectivity index (χ4v) is 3.78. The van der Waals surface area contributed by atoms with Gasteiger partial charge in [-0.1, -0.05) is 19.1 Å². The van der Waals surface area contributed by atoms with E-state index in [1.807, 2.05) is 44.2 Å². The molecule has 5 nitrogen and oxygen atoms in total. The van der Waals surface area contributed by atoms with Gasteiger partial charge in [-0.25, -0.2) is 0 Å². The van der Waals surface area contributed by atoms with Crippen LogP contribution in [-0.2, 0) is 17.8 Å². The average Bonchev–Trinajstić information content (AvgIpc) is 2.94. The fourth-order valence-electron chi connectivity index (χ4n) is 2.48. The molecule has 1 amide bonds. The van der Waals surface area contributed by atoms with Crippen LogP contribution in [0.5, 0.6) is 0 Å². The number of nitrogens with zero attached hydrogens (tertiary/aromatic N) is 1. The highest BCUT2D eigenvalue weighted by Crippen LogP contribution is 2.21. The lowest BCUT2D eigenvalue weighted by molar-refractivity contribution is -0.116. The number of nitrogens with one attached hydrogen (secondary N) is 2. The summed E-state index contributed by atoms with van der Waals surface area (Å²) in [5.74, 6) is -0.285. The lowest BCUT2D eigenvalue weighted by atomic mass is 10.2. The molecule has 0 unspecified atom stereocenters. The number of anilines is 1. The molecule has 7 heteroatoms. The number of aromatic amines is 1. The number of fused-ring (bicyclic) bond motifs is 1. The van der Waals surface area contributed by atoms with Crippen molar-refractivity contribution in [2.24, 2.45) is 0 Å². The Hall–Kier alpha value is -2.25. The lowest BCUT2D eigenvalue weighted by Crippen LogP contribution is -2.28.